The van der Waals surface area contributed by atoms with Gasteiger partial charge in [0.25, 0.3) is 5.91 Å². The Morgan fingerprint density at radius 2 is 1.81 bits per heavy atom. The van der Waals surface area contributed by atoms with E-state index in [0.717, 1.165) is 5.69 Å². The van der Waals surface area contributed by atoms with Crippen LogP contribution in [0.3, 0.4) is 0 Å². The molecule has 0 radical (unpaired) electrons. The highest BCUT2D eigenvalue weighted by Gasteiger charge is 2.17. The van der Waals surface area contributed by atoms with Crippen molar-refractivity contribution in [2.24, 2.45) is 0 Å². The number of hydrogen-bond donors (Lipinski definition) is 0. The molecule has 0 N–H and O–H groups in total. The van der Waals surface area contributed by atoms with Crippen LogP contribution in [0.4, 0.5) is 8.78 Å². The molecule has 6 nitrogen and oxygen atoms in total. The smallest absolute Gasteiger partial charge is 0.253 e. The molecule has 4 rings (SSSR count). The van der Waals surface area contributed by atoms with Crippen LogP contribution in [0.2, 0.25) is 0 Å². The molecule has 2 aromatic carbocycles. The summed E-state index contributed by atoms with van der Waals surface area (Å²) < 4.78 is 36.2. The van der Waals surface area contributed by atoms with Gasteiger partial charge in [0.2, 0.25) is 0 Å². The molecule has 0 fully saturated rings. The summed E-state index contributed by atoms with van der Waals surface area (Å²) in [5.41, 5.74) is 2.96. The van der Waals surface area contributed by atoms with Gasteiger partial charge in [-0.15, -0.1) is 10.2 Å². The summed E-state index contributed by atoms with van der Waals surface area (Å²) in [5, 5.41) is 8.15. The second-order valence-corrected chi connectivity index (χ2v) is 7.58. The minimum atomic E-state index is -0.522. The Balaban J connectivity index is 1.67. The van der Waals surface area contributed by atoms with E-state index in [0.29, 0.717) is 40.9 Å². The number of pyridine rings is 1. The van der Waals surface area contributed by atoms with Crippen LogP contribution in [0.5, 0.6) is 5.75 Å². The Morgan fingerprint density at radius 1 is 1.03 bits per heavy atom. The van der Waals surface area contributed by atoms with E-state index in [2.05, 4.69) is 10.2 Å². The quantitative estimate of drug-likeness (QED) is 0.455. The monoisotopic (exact) mass is 436 g/mol. The topological polar surface area (TPSA) is 59.7 Å². The van der Waals surface area contributed by atoms with Gasteiger partial charge in [0.15, 0.2) is 5.65 Å². The third-order valence-corrected chi connectivity index (χ3v) is 5.38. The summed E-state index contributed by atoms with van der Waals surface area (Å²) in [6.07, 6.45) is 2.47. The van der Waals surface area contributed by atoms with Crippen molar-refractivity contribution in [1.82, 2.24) is 19.5 Å². The van der Waals surface area contributed by atoms with Gasteiger partial charge in [0.1, 0.15) is 23.7 Å². The number of carbonyl (C=O) groups excluding carboxylic acids is 1. The van der Waals surface area contributed by atoms with E-state index in [1.807, 2.05) is 6.07 Å². The van der Waals surface area contributed by atoms with Crippen LogP contribution in [0.1, 0.15) is 21.6 Å². The molecule has 0 bridgehead atoms. The molecule has 164 valence electrons. The summed E-state index contributed by atoms with van der Waals surface area (Å²) in [7, 11) is 4.74. The first kappa shape index (κ1) is 21.4. The number of methoxy groups -OCH3 is 1. The molecule has 2 heterocycles. The molecule has 0 aliphatic heterocycles. The van der Waals surface area contributed by atoms with Crippen LogP contribution in [-0.4, -0.2) is 46.6 Å². The lowest BCUT2D eigenvalue weighted by molar-refractivity contribution is 0.0827. The van der Waals surface area contributed by atoms with E-state index >= 15 is 0 Å². The predicted octanol–water partition coefficient (Wildman–Crippen LogP) is 4.17. The Morgan fingerprint density at radius 3 is 2.53 bits per heavy atom. The van der Waals surface area contributed by atoms with Crippen molar-refractivity contribution in [1.29, 1.82) is 0 Å². The Labute approximate surface area is 184 Å². The lowest BCUT2D eigenvalue weighted by atomic mass is 10.0. The highest BCUT2D eigenvalue weighted by Crippen LogP contribution is 2.29. The summed E-state index contributed by atoms with van der Waals surface area (Å²) in [4.78, 5) is 13.5. The van der Waals surface area contributed by atoms with Gasteiger partial charge in [-0.3, -0.25) is 9.20 Å². The Kier molecular flexibility index (Phi) is 5.85. The van der Waals surface area contributed by atoms with Gasteiger partial charge in [-0.05, 0) is 49.2 Å². The standard InChI is InChI=1S/C24H22F2N4O2/c1-29(2)24(31)15-7-10-17(21(26)13-15)18-11-8-16(30-14-27-28-23(18)30)9-12-19-20(25)5-4-6-22(19)32-3/h4-8,10-11,13-14H,9,12H2,1-3H3. The average Bonchev–Trinajstić information content (AvgIpc) is 3.28. The maximum absolute atomic E-state index is 14.9. The molecule has 8 heteroatoms. The van der Waals surface area contributed by atoms with Crippen molar-refractivity contribution in [2.75, 3.05) is 21.2 Å². The zero-order chi connectivity index (χ0) is 22.8. The maximum atomic E-state index is 14.9. The number of nitrogens with zero attached hydrogens (tertiary/aromatic N) is 4. The molecule has 0 atom stereocenters. The van der Waals surface area contributed by atoms with E-state index in [1.54, 1.807) is 55.2 Å². The molecule has 0 saturated carbocycles. The molecule has 0 unspecified atom stereocenters. The minimum Gasteiger partial charge on any atom is -0.496 e. The average molecular weight is 436 g/mol. The first-order valence-electron chi connectivity index (χ1n) is 10.0. The summed E-state index contributed by atoms with van der Waals surface area (Å²) in [6, 6.07) is 12.7. The normalized spacial score (nSPS) is 11.0. The summed E-state index contributed by atoms with van der Waals surface area (Å²) >= 11 is 0. The third kappa shape index (κ3) is 3.91. The van der Waals surface area contributed by atoms with Crippen molar-refractivity contribution in [3.8, 4) is 16.9 Å². The highest BCUT2D eigenvalue weighted by molar-refractivity contribution is 5.94. The van der Waals surface area contributed by atoms with Crippen LogP contribution in [0.15, 0.2) is 54.9 Å². The van der Waals surface area contributed by atoms with Crippen molar-refractivity contribution in [2.45, 2.75) is 12.8 Å². The summed E-state index contributed by atoms with van der Waals surface area (Å²) in [6.45, 7) is 0. The van der Waals surface area contributed by atoms with Gasteiger partial charge in [-0.25, -0.2) is 8.78 Å². The SMILES string of the molecule is COc1cccc(F)c1CCc1ccc(-c2ccc(C(=O)N(C)C)cc2F)c2nncn12. The first-order valence-corrected chi connectivity index (χ1v) is 10.0. The number of ether oxygens (including phenoxy) is 1. The molecule has 0 saturated heterocycles. The lowest BCUT2D eigenvalue weighted by Gasteiger charge is -2.13. The fourth-order valence-electron chi connectivity index (χ4n) is 3.73. The number of benzene rings is 2. The first-order chi connectivity index (χ1) is 15.4. The molecular weight excluding hydrogens is 414 g/mol. The van der Waals surface area contributed by atoms with Crippen LogP contribution >= 0.6 is 0 Å². The zero-order valence-electron chi connectivity index (χ0n) is 18.0. The van der Waals surface area contributed by atoms with Crippen LogP contribution < -0.4 is 4.74 Å². The van der Waals surface area contributed by atoms with E-state index in [-0.39, 0.29) is 17.3 Å². The van der Waals surface area contributed by atoms with Crippen molar-refractivity contribution in [3.63, 3.8) is 0 Å². The van der Waals surface area contributed by atoms with Crippen LogP contribution in [0.25, 0.3) is 16.8 Å². The number of fused-ring (bicyclic) bond motifs is 1. The number of rotatable bonds is 6. The fourth-order valence-corrected chi connectivity index (χ4v) is 3.73. The Bertz CT molecular complexity index is 1300. The minimum absolute atomic E-state index is 0.268. The lowest BCUT2D eigenvalue weighted by Crippen LogP contribution is -2.21. The molecule has 0 aliphatic rings. The number of carbonyl (C=O) groups is 1. The number of hydrogen-bond acceptors (Lipinski definition) is 4. The van der Waals surface area contributed by atoms with Gasteiger partial charge in [-0.2, -0.15) is 0 Å². The largest absolute Gasteiger partial charge is 0.496 e. The van der Waals surface area contributed by atoms with E-state index < -0.39 is 5.82 Å². The predicted molar refractivity (Wildman–Crippen MR) is 117 cm³/mol. The van der Waals surface area contributed by atoms with Crippen LogP contribution in [-0.2, 0) is 12.8 Å². The number of aryl methyl sites for hydroxylation is 1. The highest BCUT2D eigenvalue weighted by atomic mass is 19.1. The van der Waals surface area contributed by atoms with Gasteiger partial charge in [0, 0.05) is 42.0 Å². The van der Waals surface area contributed by atoms with Gasteiger partial charge in [0.05, 0.1) is 7.11 Å². The molecule has 32 heavy (non-hydrogen) atoms. The Hall–Kier alpha value is -3.81. The van der Waals surface area contributed by atoms with Crippen molar-refractivity contribution < 1.29 is 18.3 Å². The van der Waals surface area contributed by atoms with E-state index in [4.69, 9.17) is 4.74 Å². The number of amides is 1. The van der Waals surface area contributed by atoms with Crippen molar-refractivity contribution >= 4 is 11.6 Å². The van der Waals surface area contributed by atoms with Gasteiger partial charge in [-0.1, -0.05) is 12.1 Å². The fraction of sp³-hybridized carbons (Fsp3) is 0.208. The number of aromatic nitrogens is 3. The third-order valence-electron chi connectivity index (χ3n) is 5.38. The number of halogens is 2. The molecule has 0 aliphatic carbocycles. The molecular formula is C24H22F2N4O2. The van der Waals surface area contributed by atoms with Crippen molar-refractivity contribution in [3.05, 3.63) is 83.3 Å². The van der Waals surface area contributed by atoms with Gasteiger partial charge >= 0.3 is 0 Å². The second-order valence-electron chi connectivity index (χ2n) is 7.58. The maximum Gasteiger partial charge on any atom is 0.253 e. The van der Waals surface area contributed by atoms with E-state index in [9.17, 15) is 13.6 Å². The van der Waals surface area contributed by atoms with E-state index in [1.165, 1.54) is 24.1 Å². The second kappa shape index (κ2) is 8.74. The molecule has 2 aromatic heterocycles. The summed E-state index contributed by atoms with van der Waals surface area (Å²) in [5.74, 6) is -0.625. The molecule has 0 spiro atoms. The zero-order valence-corrected chi connectivity index (χ0v) is 18.0. The van der Waals surface area contributed by atoms with Gasteiger partial charge < -0.3 is 9.64 Å². The molecule has 1 amide bonds. The van der Waals surface area contributed by atoms with Crippen LogP contribution in [0, 0.1) is 11.6 Å². The molecule has 4 aromatic rings.